The standard InChI is InChI=1S/C27H26ClN3O2/c1-16-6-13-22(18(3)14-16)24-25(29-23-15-19(28)8-7-17(23)2)27(33)31(26(24)32)21-11-9-20(10-12-21)30(4)5/h6-15,29H,1-5H3. The summed E-state index contributed by atoms with van der Waals surface area (Å²) in [5.74, 6) is -0.751. The van der Waals surface area contributed by atoms with Crippen LogP contribution in [0.2, 0.25) is 5.02 Å². The van der Waals surface area contributed by atoms with Gasteiger partial charge in [-0.25, -0.2) is 4.90 Å². The van der Waals surface area contributed by atoms with Crippen molar-refractivity contribution in [1.29, 1.82) is 0 Å². The van der Waals surface area contributed by atoms with E-state index >= 15 is 0 Å². The molecular weight excluding hydrogens is 434 g/mol. The minimum Gasteiger partial charge on any atom is -0.378 e. The zero-order valence-corrected chi connectivity index (χ0v) is 20.1. The van der Waals surface area contributed by atoms with E-state index in [1.54, 1.807) is 24.3 Å². The van der Waals surface area contributed by atoms with Crippen LogP contribution in [0.25, 0.3) is 5.57 Å². The molecule has 6 heteroatoms. The van der Waals surface area contributed by atoms with E-state index in [1.165, 1.54) is 4.90 Å². The van der Waals surface area contributed by atoms with Gasteiger partial charge in [-0.15, -0.1) is 0 Å². The van der Waals surface area contributed by atoms with E-state index in [0.717, 1.165) is 27.9 Å². The van der Waals surface area contributed by atoms with Crippen molar-refractivity contribution in [1.82, 2.24) is 0 Å². The molecule has 0 atom stereocenters. The lowest BCUT2D eigenvalue weighted by Crippen LogP contribution is -2.32. The summed E-state index contributed by atoms with van der Waals surface area (Å²) in [6, 6.07) is 18.6. The maximum Gasteiger partial charge on any atom is 0.282 e. The van der Waals surface area contributed by atoms with Gasteiger partial charge in [0.05, 0.1) is 11.3 Å². The number of nitrogens with one attached hydrogen (secondary N) is 1. The molecule has 4 rings (SSSR count). The molecule has 0 saturated heterocycles. The van der Waals surface area contributed by atoms with Gasteiger partial charge in [0.25, 0.3) is 11.8 Å². The number of halogens is 1. The first-order chi connectivity index (χ1) is 15.7. The molecule has 3 aromatic carbocycles. The summed E-state index contributed by atoms with van der Waals surface area (Å²) >= 11 is 6.21. The van der Waals surface area contributed by atoms with Crippen LogP contribution in [0.3, 0.4) is 0 Å². The van der Waals surface area contributed by atoms with E-state index in [2.05, 4.69) is 5.32 Å². The highest BCUT2D eigenvalue weighted by molar-refractivity contribution is 6.46. The number of rotatable bonds is 5. The average Bonchev–Trinajstić information content (AvgIpc) is 3.00. The summed E-state index contributed by atoms with van der Waals surface area (Å²) in [6.45, 7) is 5.87. The molecule has 0 saturated carbocycles. The number of anilines is 3. The van der Waals surface area contributed by atoms with Crippen LogP contribution in [0.4, 0.5) is 17.1 Å². The van der Waals surface area contributed by atoms with Crippen LogP contribution in [-0.2, 0) is 9.59 Å². The van der Waals surface area contributed by atoms with Crippen molar-refractivity contribution in [3.63, 3.8) is 0 Å². The number of imide groups is 1. The van der Waals surface area contributed by atoms with Crippen LogP contribution in [0, 0.1) is 20.8 Å². The number of carbonyl (C=O) groups is 2. The first-order valence-corrected chi connectivity index (χ1v) is 11.1. The number of benzene rings is 3. The lowest BCUT2D eigenvalue weighted by molar-refractivity contribution is -0.120. The maximum absolute atomic E-state index is 13.7. The summed E-state index contributed by atoms with van der Waals surface area (Å²) in [4.78, 5) is 30.5. The van der Waals surface area contributed by atoms with Crippen LogP contribution in [-0.4, -0.2) is 25.9 Å². The van der Waals surface area contributed by atoms with Gasteiger partial charge in [0.1, 0.15) is 5.70 Å². The second-order valence-electron chi connectivity index (χ2n) is 8.51. The van der Waals surface area contributed by atoms with Crippen LogP contribution < -0.4 is 15.1 Å². The highest BCUT2D eigenvalue weighted by atomic mass is 35.5. The van der Waals surface area contributed by atoms with Crippen LogP contribution >= 0.6 is 11.6 Å². The molecule has 5 nitrogen and oxygen atoms in total. The Morgan fingerprint density at radius 2 is 1.52 bits per heavy atom. The van der Waals surface area contributed by atoms with Gasteiger partial charge in [0, 0.05) is 30.5 Å². The fraction of sp³-hybridized carbons (Fsp3) is 0.185. The molecule has 1 N–H and O–H groups in total. The molecule has 0 aliphatic carbocycles. The molecule has 2 amide bonds. The van der Waals surface area contributed by atoms with Crippen molar-refractivity contribution in [3.05, 3.63) is 93.6 Å². The number of hydrogen-bond acceptors (Lipinski definition) is 4. The van der Waals surface area contributed by atoms with Gasteiger partial charge >= 0.3 is 0 Å². The fourth-order valence-corrected chi connectivity index (χ4v) is 4.16. The summed E-state index contributed by atoms with van der Waals surface area (Å²) in [5.41, 5.74) is 6.46. The van der Waals surface area contributed by atoms with Crippen LogP contribution in [0.5, 0.6) is 0 Å². The van der Waals surface area contributed by atoms with E-state index in [9.17, 15) is 9.59 Å². The zero-order valence-electron chi connectivity index (χ0n) is 19.4. The second kappa shape index (κ2) is 8.75. The predicted octanol–water partition coefficient (Wildman–Crippen LogP) is 5.73. The van der Waals surface area contributed by atoms with Gasteiger partial charge in [-0.05, 0) is 73.9 Å². The smallest absolute Gasteiger partial charge is 0.282 e. The first kappa shape index (κ1) is 22.6. The molecule has 1 aliphatic heterocycles. The number of carbonyl (C=O) groups excluding carboxylic acids is 2. The Hall–Kier alpha value is -3.57. The Morgan fingerprint density at radius 1 is 0.818 bits per heavy atom. The predicted molar refractivity (Wildman–Crippen MR) is 136 cm³/mol. The summed E-state index contributed by atoms with van der Waals surface area (Å²) in [5, 5.41) is 3.77. The number of nitrogens with zero attached hydrogens (tertiary/aromatic N) is 2. The quantitative estimate of drug-likeness (QED) is 0.495. The van der Waals surface area contributed by atoms with Gasteiger partial charge in [-0.2, -0.15) is 0 Å². The Kier molecular flexibility index (Phi) is 6.00. The molecule has 0 unspecified atom stereocenters. The minimum absolute atomic E-state index is 0.244. The molecular formula is C27H26ClN3O2. The molecule has 0 spiro atoms. The van der Waals surface area contributed by atoms with E-state index < -0.39 is 5.91 Å². The SMILES string of the molecule is Cc1ccc(C2=C(Nc3cc(Cl)ccc3C)C(=O)N(c3ccc(N(C)C)cc3)C2=O)c(C)c1. The molecule has 1 heterocycles. The monoisotopic (exact) mass is 459 g/mol. The zero-order chi connectivity index (χ0) is 23.9. The van der Waals surface area contributed by atoms with Gasteiger partial charge < -0.3 is 10.2 Å². The number of aryl methyl sites for hydroxylation is 3. The van der Waals surface area contributed by atoms with Crippen molar-refractivity contribution < 1.29 is 9.59 Å². The van der Waals surface area contributed by atoms with E-state index in [1.807, 2.05) is 76.2 Å². The molecule has 168 valence electrons. The lowest BCUT2D eigenvalue weighted by Gasteiger charge is -2.18. The molecule has 0 bridgehead atoms. The lowest BCUT2D eigenvalue weighted by atomic mass is 9.97. The van der Waals surface area contributed by atoms with Gasteiger partial charge in [-0.1, -0.05) is 41.4 Å². The summed E-state index contributed by atoms with van der Waals surface area (Å²) < 4.78 is 0. The third kappa shape index (κ3) is 4.24. The number of amides is 2. The minimum atomic E-state index is -0.396. The maximum atomic E-state index is 13.7. The third-order valence-corrected chi connectivity index (χ3v) is 6.05. The van der Waals surface area contributed by atoms with Crippen molar-refractivity contribution >= 4 is 46.1 Å². The highest BCUT2D eigenvalue weighted by Gasteiger charge is 2.40. The molecule has 0 fully saturated rings. The Bertz CT molecular complexity index is 1290. The normalized spacial score (nSPS) is 13.7. The van der Waals surface area contributed by atoms with Crippen molar-refractivity contribution in [2.24, 2.45) is 0 Å². The topological polar surface area (TPSA) is 52.7 Å². The van der Waals surface area contributed by atoms with Gasteiger partial charge in [0.2, 0.25) is 0 Å². The number of hydrogen-bond donors (Lipinski definition) is 1. The first-order valence-electron chi connectivity index (χ1n) is 10.7. The molecule has 0 radical (unpaired) electrons. The van der Waals surface area contributed by atoms with Gasteiger partial charge in [0.15, 0.2) is 0 Å². The third-order valence-electron chi connectivity index (χ3n) is 5.82. The summed E-state index contributed by atoms with van der Waals surface area (Å²) in [6.07, 6.45) is 0. The van der Waals surface area contributed by atoms with E-state index in [0.29, 0.717) is 22.0 Å². The highest BCUT2D eigenvalue weighted by Crippen LogP contribution is 2.36. The van der Waals surface area contributed by atoms with Crippen molar-refractivity contribution in [3.8, 4) is 0 Å². The molecule has 1 aliphatic rings. The van der Waals surface area contributed by atoms with Gasteiger partial charge in [-0.3, -0.25) is 9.59 Å². The fourth-order valence-electron chi connectivity index (χ4n) is 3.99. The Labute approximate surface area is 199 Å². The largest absolute Gasteiger partial charge is 0.378 e. The van der Waals surface area contributed by atoms with Crippen molar-refractivity contribution in [2.75, 3.05) is 29.2 Å². The van der Waals surface area contributed by atoms with E-state index in [-0.39, 0.29) is 11.6 Å². The Morgan fingerprint density at radius 3 is 2.15 bits per heavy atom. The second-order valence-corrected chi connectivity index (χ2v) is 8.95. The molecule has 3 aromatic rings. The average molecular weight is 460 g/mol. The van der Waals surface area contributed by atoms with E-state index in [4.69, 9.17) is 11.6 Å². The van der Waals surface area contributed by atoms with Crippen molar-refractivity contribution in [2.45, 2.75) is 20.8 Å². The van der Waals surface area contributed by atoms with Crippen LogP contribution in [0.1, 0.15) is 22.3 Å². The molecule has 33 heavy (non-hydrogen) atoms. The van der Waals surface area contributed by atoms with Crippen LogP contribution in [0.15, 0.2) is 66.4 Å². The summed E-state index contributed by atoms with van der Waals surface area (Å²) in [7, 11) is 3.88. The molecule has 0 aromatic heterocycles. The Balaban J connectivity index is 1.85.